The molecule has 0 N–H and O–H groups in total. The molecule has 0 aliphatic heterocycles. The Labute approximate surface area is 141 Å². The van der Waals surface area contributed by atoms with E-state index in [2.05, 4.69) is 36.4 Å². The average molecular weight is 321 g/mol. The topological polar surface area (TPSA) is 17.1 Å². The molecule has 0 amide bonds. The van der Waals surface area contributed by atoms with Gasteiger partial charge in [-0.3, -0.25) is 4.79 Å². The standard InChI is InChI=1S/C21H17ClO/c22-20(23)16-21(17-10-4-1-5-11-17,18-12-6-2-7-13-18)19-14-8-3-9-15-19/h1-15H,16H2. The van der Waals surface area contributed by atoms with Crippen molar-refractivity contribution in [3.63, 3.8) is 0 Å². The molecule has 0 bridgehead atoms. The summed E-state index contributed by atoms with van der Waals surface area (Å²) < 4.78 is 0. The SMILES string of the molecule is O=C(Cl)CC(c1ccccc1)(c1ccccc1)c1ccccc1. The molecule has 0 heterocycles. The molecule has 0 atom stereocenters. The molecule has 0 saturated heterocycles. The van der Waals surface area contributed by atoms with E-state index in [4.69, 9.17) is 11.6 Å². The first-order valence-electron chi connectivity index (χ1n) is 7.58. The Kier molecular flexibility index (Phi) is 4.59. The Balaban J connectivity index is 2.32. The van der Waals surface area contributed by atoms with Crippen LogP contribution in [0.2, 0.25) is 0 Å². The minimum Gasteiger partial charge on any atom is -0.281 e. The maximum atomic E-state index is 11.9. The third-order valence-electron chi connectivity index (χ3n) is 4.20. The van der Waals surface area contributed by atoms with Crippen molar-refractivity contribution in [2.75, 3.05) is 0 Å². The maximum Gasteiger partial charge on any atom is 0.223 e. The van der Waals surface area contributed by atoms with Gasteiger partial charge in [0.1, 0.15) is 0 Å². The summed E-state index contributed by atoms with van der Waals surface area (Å²) in [5, 5.41) is -0.346. The quantitative estimate of drug-likeness (QED) is 0.468. The molecule has 3 aromatic carbocycles. The predicted octanol–water partition coefficient (Wildman–Crippen LogP) is 5.18. The normalized spacial score (nSPS) is 11.2. The highest BCUT2D eigenvalue weighted by Crippen LogP contribution is 2.42. The van der Waals surface area contributed by atoms with Crippen LogP contribution in [-0.4, -0.2) is 5.24 Å². The highest BCUT2D eigenvalue weighted by atomic mass is 35.5. The van der Waals surface area contributed by atoms with Crippen molar-refractivity contribution < 1.29 is 4.79 Å². The molecule has 0 aliphatic rings. The van der Waals surface area contributed by atoms with Gasteiger partial charge in [0.15, 0.2) is 0 Å². The maximum absolute atomic E-state index is 11.9. The zero-order valence-corrected chi connectivity index (χ0v) is 13.4. The van der Waals surface area contributed by atoms with Gasteiger partial charge in [-0.05, 0) is 28.3 Å². The largest absolute Gasteiger partial charge is 0.281 e. The molecule has 23 heavy (non-hydrogen) atoms. The number of benzene rings is 3. The van der Waals surface area contributed by atoms with E-state index in [-0.39, 0.29) is 11.7 Å². The summed E-state index contributed by atoms with van der Waals surface area (Å²) in [6.45, 7) is 0. The molecule has 0 radical (unpaired) electrons. The lowest BCUT2D eigenvalue weighted by atomic mass is 9.67. The predicted molar refractivity (Wildman–Crippen MR) is 94.7 cm³/mol. The Morgan fingerprint density at radius 1 is 0.652 bits per heavy atom. The van der Waals surface area contributed by atoms with E-state index in [0.717, 1.165) is 16.7 Å². The molecule has 2 heteroatoms. The van der Waals surface area contributed by atoms with Crippen molar-refractivity contribution in [3.05, 3.63) is 108 Å². The van der Waals surface area contributed by atoms with E-state index in [9.17, 15) is 4.79 Å². The van der Waals surface area contributed by atoms with Gasteiger partial charge >= 0.3 is 0 Å². The van der Waals surface area contributed by atoms with Crippen molar-refractivity contribution in [2.45, 2.75) is 11.8 Å². The van der Waals surface area contributed by atoms with Crippen molar-refractivity contribution in [3.8, 4) is 0 Å². The first-order chi connectivity index (χ1) is 11.2. The molecule has 0 unspecified atom stereocenters. The van der Waals surface area contributed by atoms with Gasteiger partial charge in [-0.1, -0.05) is 91.0 Å². The lowest BCUT2D eigenvalue weighted by Gasteiger charge is -2.35. The third kappa shape index (κ3) is 3.06. The van der Waals surface area contributed by atoms with Gasteiger partial charge in [-0.15, -0.1) is 0 Å². The first-order valence-corrected chi connectivity index (χ1v) is 7.96. The fraction of sp³-hybridized carbons (Fsp3) is 0.0952. The number of halogens is 1. The van der Waals surface area contributed by atoms with E-state index in [1.807, 2.05) is 54.6 Å². The summed E-state index contributed by atoms with van der Waals surface area (Å²) in [7, 11) is 0. The van der Waals surface area contributed by atoms with Crippen LogP contribution in [0.5, 0.6) is 0 Å². The summed E-state index contributed by atoms with van der Waals surface area (Å²) in [5.41, 5.74) is 2.60. The molecule has 0 aliphatic carbocycles. The van der Waals surface area contributed by atoms with Crippen molar-refractivity contribution >= 4 is 16.8 Å². The van der Waals surface area contributed by atoms with Crippen LogP contribution in [0.4, 0.5) is 0 Å². The molecule has 3 rings (SSSR count). The molecular formula is C21H17ClO. The van der Waals surface area contributed by atoms with Crippen molar-refractivity contribution in [2.24, 2.45) is 0 Å². The van der Waals surface area contributed by atoms with Crippen LogP contribution in [0, 0.1) is 0 Å². The second-order valence-corrected chi connectivity index (χ2v) is 5.96. The van der Waals surface area contributed by atoms with Gasteiger partial charge in [0.25, 0.3) is 0 Å². The van der Waals surface area contributed by atoms with Crippen LogP contribution in [0.25, 0.3) is 0 Å². The van der Waals surface area contributed by atoms with Crippen LogP contribution in [0.1, 0.15) is 23.1 Å². The van der Waals surface area contributed by atoms with E-state index in [0.29, 0.717) is 0 Å². The molecule has 114 valence electrons. The van der Waals surface area contributed by atoms with Crippen molar-refractivity contribution in [1.82, 2.24) is 0 Å². The second-order valence-electron chi connectivity index (χ2n) is 5.54. The van der Waals surface area contributed by atoms with Gasteiger partial charge in [-0.25, -0.2) is 0 Å². The Morgan fingerprint density at radius 3 is 1.22 bits per heavy atom. The van der Waals surface area contributed by atoms with Crippen LogP contribution in [0.15, 0.2) is 91.0 Å². The molecule has 0 aromatic heterocycles. The van der Waals surface area contributed by atoms with Gasteiger partial charge in [0.05, 0.1) is 5.41 Å². The van der Waals surface area contributed by atoms with Gasteiger partial charge in [0, 0.05) is 6.42 Å². The molecule has 0 spiro atoms. The summed E-state index contributed by atoms with van der Waals surface area (Å²) >= 11 is 5.87. The van der Waals surface area contributed by atoms with E-state index in [1.165, 1.54) is 0 Å². The number of rotatable bonds is 5. The van der Waals surface area contributed by atoms with Crippen LogP contribution in [0.3, 0.4) is 0 Å². The summed E-state index contributed by atoms with van der Waals surface area (Å²) in [6, 6.07) is 30.2. The van der Waals surface area contributed by atoms with Crippen LogP contribution >= 0.6 is 11.6 Å². The zero-order valence-electron chi connectivity index (χ0n) is 12.7. The van der Waals surface area contributed by atoms with Crippen LogP contribution < -0.4 is 0 Å². The molecule has 0 saturated carbocycles. The summed E-state index contributed by atoms with van der Waals surface area (Å²) in [4.78, 5) is 11.9. The number of carbonyl (C=O) groups is 1. The zero-order chi connectivity index (χ0) is 16.1. The summed E-state index contributed by atoms with van der Waals surface area (Å²) in [5.74, 6) is 0. The van der Waals surface area contributed by atoms with Gasteiger partial charge in [0.2, 0.25) is 5.24 Å². The Hall–Kier alpha value is -2.38. The lowest BCUT2D eigenvalue weighted by molar-refractivity contribution is -0.112. The lowest BCUT2D eigenvalue weighted by Crippen LogP contribution is -2.31. The minimum absolute atomic E-state index is 0.215. The third-order valence-corrected chi connectivity index (χ3v) is 4.34. The monoisotopic (exact) mass is 320 g/mol. The second kappa shape index (κ2) is 6.80. The summed E-state index contributed by atoms with van der Waals surface area (Å²) in [6.07, 6.45) is 0.215. The van der Waals surface area contributed by atoms with E-state index >= 15 is 0 Å². The average Bonchev–Trinajstić information content (AvgIpc) is 2.62. The number of hydrogen-bond acceptors (Lipinski definition) is 1. The Morgan fingerprint density at radius 2 is 0.957 bits per heavy atom. The highest BCUT2D eigenvalue weighted by Gasteiger charge is 2.37. The Bertz CT molecular complexity index is 670. The van der Waals surface area contributed by atoms with Crippen LogP contribution in [-0.2, 0) is 10.2 Å². The molecule has 0 fully saturated rings. The fourth-order valence-corrected chi connectivity index (χ4v) is 3.38. The first kappa shape index (κ1) is 15.5. The minimum atomic E-state index is -0.581. The van der Waals surface area contributed by atoms with Crippen molar-refractivity contribution in [1.29, 1.82) is 0 Å². The number of hydrogen-bond donors (Lipinski definition) is 0. The van der Waals surface area contributed by atoms with Gasteiger partial charge < -0.3 is 0 Å². The molecule has 3 aromatic rings. The molecular weight excluding hydrogens is 304 g/mol. The highest BCUT2D eigenvalue weighted by molar-refractivity contribution is 6.63. The fourth-order valence-electron chi connectivity index (χ4n) is 3.18. The smallest absolute Gasteiger partial charge is 0.223 e. The molecule has 1 nitrogen and oxygen atoms in total. The van der Waals surface area contributed by atoms with E-state index < -0.39 is 5.41 Å². The van der Waals surface area contributed by atoms with Gasteiger partial charge in [-0.2, -0.15) is 0 Å². The van der Waals surface area contributed by atoms with E-state index in [1.54, 1.807) is 0 Å². The number of carbonyl (C=O) groups excluding carboxylic acids is 1.